The minimum atomic E-state index is -0.0245. The zero-order chi connectivity index (χ0) is 15.4. The second-order valence-electron chi connectivity index (χ2n) is 6.10. The van der Waals surface area contributed by atoms with Gasteiger partial charge in [0.15, 0.2) is 0 Å². The summed E-state index contributed by atoms with van der Waals surface area (Å²) in [5.74, 6) is 2.69. The van der Waals surface area contributed by atoms with Crippen molar-refractivity contribution in [3.8, 4) is 0 Å². The van der Waals surface area contributed by atoms with Crippen molar-refractivity contribution in [2.45, 2.75) is 58.3 Å². The van der Waals surface area contributed by atoms with Crippen LogP contribution in [0.25, 0.3) is 0 Å². The standard InChI is InChI=1S/C17H25N3O2/c1-14-18-8-11-19(14)10-7-15-4-2-3-9-20(15)12-16-5-6-17(13-21)22-16/h5-6,8,11,15,21H,2-4,7,9-10,12-13H2,1H3/t15-/m1/s1. The summed E-state index contributed by atoms with van der Waals surface area (Å²) in [6.07, 6.45) is 8.89. The zero-order valence-electron chi connectivity index (χ0n) is 13.2. The van der Waals surface area contributed by atoms with E-state index in [9.17, 15) is 0 Å². The maximum absolute atomic E-state index is 9.11. The Morgan fingerprint density at radius 1 is 1.32 bits per heavy atom. The summed E-state index contributed by atoms with van der Waals surface area (Å²) in [6.45, 7) is 5.02. The molecule has 3 heterocycles. The largest absolute Gasteiger partial charge is 0.462 e. The van der Waals surface area contributed by atoms with Crippen molar-refractivity contribution in [3.05, 3.63) is 41.9 Å². The van der Waals surface area contributed by atoms with Crippen LogP contribution in [0.15, 0.2) is 28.9 Å². The smallest absolute Gasteiger partial charge is 0.129 e. The summed E-state index contributed by atoms with van der Waals surface area (Å²) in [7, 11) is 0. The van der Waals surface area contributed by atoms with Gasteiger partial charge in [0.2, 0.25) is 0 Å². The number of aliphatic hydroxyl groups excluding tert-OH is 1. The van der Waals surface area contributed by atoms with Crippen molar-refractivity contribution in [3.63, 3.8) is 0 Å². The molecule has 2 aromatic heterocycles. The van der Waals surface area contributed by atoms with E-state index < -0.39 is 0 Å². The molecule has 1 aliphatic rings. The first-order valence-corrected chi connectivity index (χ1v) is 8.16. The van der Waals surface area contributed by atoms with Crippen molar-refractivity contribution < 1.29 is 9.52 Å². The molecule has 0 radical (unpaired) electrons. The Morgan fingerprint density at radius 3 is 2.91 bits per heavy atom. The first kappa shape index (κ1) is 15.3. The van der Waals surface area contributed by atoms with E-state index in [2.05, 4.69) is 27.6 Å². The van der Waals surface area contributed by atoms with Gasteiger partial charge >= 0.3 is 0 Å². The van der Waals surface area contributed by atoms with Crippen molar-refractivity contribution in [1.82, 2.24) is 14.5 Å². The van der Waals surface area contributed by atoms with Gasteiger partial charge in [0.1, 0.15) is 24.0 Å². The summed E-state index contributed by atoms with van der Waals surface area (Å²) in [5, 5.41) is 9.11. The lowest BCUT2D eigenvalue weighted by atomic mass is 9.99. The van der Waals surface area contributed by atoms with E-state index in [4.69, 9.17) is 9.52 Å². The monoisotopic (exact) mass is 303 g/mol. The Morgan fingerprint density at radius 2 is 2.18 bits per heavy atom. The van der Waals surface area contributed by atoms with Gasteiger partial charge < -0.3 is 14.1 Å². The number of nitrogens with zero attached hydrogens (tertiary/aromatic N) is 3. The molecule has 5 heteroatoms. The van der Waals surface area contributed by atoms with Crippen LogP contribution in [0.2, 0.25) is 0 Å². The summed E-state index contributed by atoms with van der Waals surface area (Å²) >= 11 is 0. The predicted octanol–water partition coefficient (Wildman–Crippen LogP) is 2.72. The lowest BCUT2D eigenvalue weighted by Crippen LogP contribution is -2.39. The number of piperidine rings is 1. The van der Waals surface area contributed by atoms with Crippen LogP contribution in [-0.2, 0) is 19.7 Å². The minimum absolute atomic E-state index is 0.0245. The number of furan rings is 1. The Bertz CT molecular complexity index is 590. The molecule has 22 heavy (non-hydrogen) atoms. The third-order valence-corrected chi connectivity index (χ3v) is 4.61. The van der Waals surface area contributed by atoms with Crippen molar-refractivity contribution in [2.24, 2.45) is 0 Å². The molecule has 2 aromatic rings. The van der Waals surface area contributed by atoms with Gasteiger partial charge in [-0.15, -0.1) is 0 Å². The van der Waals surface area contributed by atoms with E-state index in [-0.39, 0.29) is 6.61 Å². The quantitative estimate of drug-likeness (QED) is 0.891. The molecule has 0 unspecified atom stereocenters. The number of imidazole rings is 1. The molecule has 0 spiro atoms. The highest BCUT2D eigenvalue weighted by molar-refractivity contribution is 5.06. The fourth-order valence-corrected chi connectivity index (χ4v) is 3.32. The van der Waals surface area contributed by atoms with Crippen LogP contribution < -0.4 is 0 Å². The Hall–Kier alpha value is -1.59. The summed E-state index contributed by atoms with van der Waals surface area (Å²) in [5.41, 5.74) is 0. The average Bonchev–Trinajstić information content (AvgIpc) is 3.15. The highest BCUT2D eigenvalue weighted by Crippen LogP contribution is 2.23. The molecule has 3 rings (SSSR count). The van der Waals surface area contributed by atoms with Gasteiger partial charge in [-0.3, -0.25) is 4.90 Å². The normalized spacial score (nSPS) is 19.6. The SMILES string of the molecule is Cc1nccn1CC[C@H]1CCCCN1Cc1ccc(CO)o1. The van der Waals surface area contributed by atoms with E-state index in [0.29, 0.717) is 11.8 Å². The fraction of sp³-hybridized carbons (Fsp3) is 0.588. The lowest BCUT2D eigenvalue weighted by Gasteiger charge is -2.35. The van der Waals surface area contributed by atoms with Gasteiger partial charge in [0.05, 0.1) is 6.54 Å². The van der Waals surface area contributed by atoms with Gasteiger partial charge in [-0.2, -0.15) is 0 Å². The number of likely N-dealkylation sites (tertiary alicyclic amines) is 1. The molecule has 1 aliphatic heterocycles. The van der Waals surface area contributed by atoms with Crippen LogP contribution in [0.5, 0.6) is 0 Å². The first-order chi connectivity index (χ1) is 10.8. The maximum Gasteiger partial charge on any atom is 0.129 e. The van der Waals surface area contributed by atoms with Gasteiger partial charge in [0.25, 0.3) is 0 Å². The van der Waals surface area contributed by atoms with Crippen molar-refractivity contribution >= 4 is 0 Å². The highest BCUT2D eigenvalue weighted by Gasteiger charge is 2.23. The Kier molecular flexibility index (Phi) is 4.95. The van der Waals surface area contributed by atoms with Crippen LogP contribution in [0.3, 0.4) is 0 Å². The molecule has 0 amide bonds. The average molecular weight is 303 g/mol. The van der Waals surface area contributed by atoms with Crippen molar-refractivity contribution in [2.75, 3.05) is 6.54 Å². The van der Waals surface area contributed by atoms with Crippen LogP contribution >= 0.6 is 0 Å². The zero-order valence-corrected chi connectivity index (χ0v) is 13.2. The highest BCUT2D eigenvalue weighted by atomic mass is 16.4. The topological polar surface area (TPSA) is 54.4 Å². The molecule has 1 N–H and O–H groups in total. The van der Waals surface area contributed by atoms with Gasteiger partial charge in [0, 0.05) is 25.0 Å². The van der Waals surface area contributed by atoms with Gasteiger partial charge in [-0.05, 0) is 44.9 Å². The van der Waals surface area contributed by atoms with E-state index in [1.165, 1.54) is 19.3 Å². The molecule has 5 nitrogen and oxygen atoms in total. The third kappa shape index (κ3) is 3.59. The lowest BCUT2D eigenvalue weighted by molar-refractivity contribution is 0.117. The molecule has 120 valence electrons. The number of aromatic nitrogens is 2. The number of aliphatic hydroxyl groups is 1. The van der Waals surface area contributed by atoms with Gasteiger partial charge in [-0.25, -0.2) is 4.98 Å². The Labute approximate surface area is 131 Å². The molecule has 1 atom stereocenters. The summed E-state index contributed by atoms with van der Waals surface area (Å²) in [6, 6.07) is 4.44. The second-order valence-corrected chi connectivity index (χ2v) is 6.10. The van der Waals surface area contributed by atoms with Crippen molar-refractivity contribution in [1.29, 1.82) is 0 Å². The number of aryl methyl sites for hydroxylation is 2. The van der Waals surface area contributed by atoms with E-state index in [0.717, 1.165) is 37.6 Å². The molecule has 0 bridgehead atoms. The maximum atomic E-state index is 9.11. The van der Waals surface area contributed by atoms with E-state index in [1.54, 1.807) is 0 Å². The first-order valence-electron chi connectivity index (χ1n) is 8.16. The predicted molar refractivity (Wildman–Crippen MR) is 84.3 cm³/mol. The van der Waals surface area contributed by atoms with Crippen LogP contribution in [0.1, 0.15) is 43.0 Å². The number of rotatable bonds is 6. The van der Waals surface area contributed by atoms with Crippen LogP contribution in [0.4, 0.5) is 0 Å². The molecule has 0 aromatic carbocycles. The summed E-state index contributed by atoms with van der Waals surface area (Å²) in [4.78, 5) is 6.81. The molecule has 0 saturated carbocycles. The van der Waals surface area contributed by atoms with Gasteiger partial charge in [-0.1, -0.05) is 6.42 Å². The van der Waals surface area contributed by atoms with E-state index >= 15 is 0 Å². The van der Waals surface area contributed by atoms with Crippen LogP contribution in [0, 0.1) is 6.92 Å². The molecular formula is C17H25N3O2. The minimum Gasteiger partial charge on any atom is -0.462 e. The number of hydrogen-bond donors (Lipinski definition) is 1. The molecule has 0 aliphatic carbocycles. The fourth-order valence-electron chi connectivity index (χ4n) is 3.32. The molecule has 1 saturated heterocycles. The molecular weight excluding hydrogens is 278 g/mol. The summed E-state index contributed by atoms with van der Waals surface area (Å²) < 4.78 is 7.87. The van der Waals surface area contributed by atoms with E-state index in [1.807, 2.05) is 18.3 Å². The van der Waals surface area contributed by atoms with Crippen LogP contribution in [-0.4, -0.2) is 32.1 Å². The third-order valence-electron chi connectivity index (χ3n) is 4.61. The molecule has 1 fully saturated rings. The number of hydrogen-bond acceptors (Lipinski definition) is 4. The Balaban J connectivity index is 1.59. The second kappa shape index (κ2) is 7.11.